The Bertz CT molecular complexity index is 602. The van der Waals surface area contributed by atoms with Crippen LogP contribution in [0.3, 0.4) is 0 Å². The number of aryl methyl sites for hydroxylation is 1. The van der Waals surface area contributed by atoms with Gasteiger partial charge in [-0.05, 0) is 30.7 Å². The minimum atomic E-state index is -1.06. The van der Waals surface area contributed by atoms with Crippen molar-refractivity contribution >= 4 is 21.9 Å². The highest BCUT2D eigenvalue weighted by Gasteiger charge is 2.13. The van der Waals surface area contributed by atoms with Gasteiger partial charge in [0.05, 0.1) is 6.20 Å². The number of hydrogen-bond donors (Lipinski definition) is 1. The molecule has 0 unspecified atom stereocenters. The molecule has 1 N–H and O–H groups in total. The maximum absolute atomic E-state index is 11.1. The van der Waals surface area contributed by atoms with E-state index in [9.17, 15) is 4.79 Å². The minimum Gasteiger partial charge on any atom is -0.478 e. The van der Waals surface area contributed by atoms with Gasteiger partial charge in [-0.3, -0.25) is 0 Å². The van der Waals surface area contributed by atoms with Crippen LogP contribution in [0.15, 0.2) is 34.9 Å². The van der Waals surface area contributed by atoms with Gasteiger partial charge in [0.1, 0.15) is 11.3 Å². The molecular formula is C12H9BrN2O3. The number of nitrogens with zero attached hydrogens (tertiary/aromatic N) is 2. The Labute approximate surface area is 112 Å². The monoisotopic (exact) mass is 308 g/mol. The summed E-state index contributed by atoms with van der Waals surface area (Å²) >= 11 is 3.26. The van der Waals surface area contributed by atoms with Gasteiger partial charge in [-0.15, -0.1) is 5.10 Å². The van der Waals surface area contributed by atoms with E-state index in [1.165, 1.54) is 6.07 Å². The lowest BCUT2D eigenvalue weighted by Crippen LogP contribution is -2.01. The van der Waals surface area contributed by atoms with Crippen LogP contribution in [-0.4, -0.2) is 21.3 Å². The quantitative estimate of drug-likeness (QED) is 0.943. The largest absolute Gasteiger partial charge is 0.478 e. The van der Waals surface area contributed by atoms with Crippen molar-refractivity contribution in [2.75, 3.05) is 0 Å². The van der Waals surface area contributed by atoms with E-state index < -0.39 is 5.97 Å². The van der Waals surface area contributed by atoms with Crippen LogP contribution in [0.2, 0.25) is 0 Å². The van der Waals surface area contributed by atoms with Crippen LogP contribution in [0.4, 0.5) is 0 Å². The predicted octanol–water partition coefficient (Wildman–Crippen LogP) is 3.04. The fourth-order valence-electron chi connectivity index (χ4n) is 1.36. The van der Waals surface area contributed by atoms with E-state index in [-0.39, 0.29) is 17.2 Å². The molecule has 0 amide bonds. The Balaban J connectivity index is 2.39. The average molecular weight is 309 g/mol. The minimum absolute atomic E-state index is 0.0708. The van der Waals surface area contributed by atoms with Crippen LogP contribution in [-0.2, 0) is 0 Å². The number of benzene rings is 1. The topological polar surface area (TPSA) is 72.3 Å². The van der Waals surface area contributed by atoms with Crippen molar-refractivity contribution in [3.05, 3.63) is 46.1 Å². The first-order valence-corrected chi connectivity index (χ1v) is 5.85. The van der Waals surface area contributed by atoms with E-state index in [2.05, 4.69) is 26.1 Å². The zero-order valence-electron chi connectivity index (χ0n) is 9.42. The Kier molecular flexibility index (Phi) is 3.57. The molecule has 0 bridgehead atoms. The van der Waals surface area contributed by atoms with E-state index in [0.29, 0.717) is 0 Å². The number of carboxylic acid groups (broad SMARTS) is 1. The van der Waals surface area contributed by atoms with Crippen LogP contribution in [0.5, 0.6) is 11.6 Å². The smallest absolute Gasteiger partial charge is 0.339 e. The van der Waals surface area contributed by atoms with Gasteiger partial charge in [-0.1, -0.05) is 15.9 Å². The van der Waals surface area contributed by atoms with Gasteiger partial charge in [-0.2, -0.15) is 5.10 Å². The summed E-state index contributed by atoms with van der Waals surface area (Å²) in [6.45, 7) is 1.85. The second-order valence-electron chi connectivity index (χ2n) is 3.62. The molecule has 1 aromatic heterocycles. The molecule has 5 nitrogen and oxygen atoms in total. The lowest BCUT2D eigenvalue weighted by Gasteiger charge is -2.08. The molecule has 1 heterocycles. The Morgan fingerprint density at radius 1 is 1.39 bits per heavy atom. The lowest BCUT2D eigenvalue weighted by atomic mass is 10.2. The van der Waals surface area contributed by atoms with Crippen LogP contribution in [0.1, 0.15) is 15.9 Å². The molecule has 0 fully saturated rings. The molecule has 0 aliphatic rings. The molecule has 0 radical (unpaired) electrons. The molecule has 0 aliphatic carbocycles. The van der Waals surface area contributed by atoms with Gasteiger partial charge in [0, 0.05) is 10.5 Å². The van der Waals surface area contributed by atoms with Crippen LogP contribution in [0, 0.1) is 6.92 Å². The summed E-state index contributed by atoms with van der Waals surface area (Å²) in [5, 5.41) is 16.6. The fraction of sp³-hybridized carbons (Fsp3) is 0.0833. The number of carboxylic acids is 1. The van der Waals surface area contributed by atoms with Crippen molar-refractivity contribution in [2.24, 2.45) is 0 Å². The molecule has 92 valence electrons. The number of halogens is 1. The van der Waals surface area contributed by atoms with E-state index in [1.807, 2.05) is 6.92 Å². The second-order valence-corrected chi connectivity index (χ2v) is 4.53. The number of hydrogen-bond acceptors (Lipinski definition) is 4. The van der Waals surface area contributed by atoms with Crippen LogP contribution >= 0.6 is 15.9 Å². The van der Waals surface area contributed by atoms with Crippen LogP contribution in [0.25, 0.3) is 0 Å². The number of carbonyl (C=O) groups is 1. The highest BCUT2D eigenvalue weighted by molar-refractivity contribution is 9.10. The Morgan fingerprint density at radius 2 is 2.17 bits per heavy atom. The van der Waals surface area contributed by atoms with Crippen molar-refractivity contribution in [2.45, 2.75) is 6.92 Å². The molecule has 2 aromatic rings. The molecule has 0 atom stereocenters. The summed E-state index contributed by atoms with van der Waals surface area (Å²) in [7, 11) is 0. The van der Waals surface area contributed by atoms with Gasteiger partial charge >= 0.3 is 5.97 Å². The molecule has 0 saturated heterocycles. The molecule has 1 aromatic carbocycles. The highest BCUT2D eigenvalue weighted by atomic mass is 79.9. The molecule has 0 aliphatic heterocycles. The SMILES string of the molecule is Cc1cnnc(Oc2cc(Br)ccc2C(=O)O)c1. The second kappa shape index (κ2) is 5.14. The van der Waals surface area contributed by atoms with Gasteiger partial charge < -0.3 is 9.84 Å². The molecule has 18 heavy (non-hydrogen) atoms. The van der Waals surface area contributed by atoms with E-state index in [0.717, 1.165) is 10.0 Å². The zero-order chi connectivity index (χ0) is 13.1. The Hall–Kier alpha value is -1.95. The van der Waals surface area contributed by atoms with Gasteiger partial charge in [0.15, 0.2) is 0 Å². The maximum atomic E-state index is 11.1. The van der Waals surface area contributed by atoms with E-state index in [4.69, 9.17) is 9.84 Å². The summed E-state index contributed by atoms with van der Waals surface area (Å²) < 4.78 is 6.17. The Morgan fingerprint density at radius 3 is 2.83 bits per heavy atom. The van der Waals surface area contributed by atoms with Crippen molar-refractivity contribution in [1.82, 2.24) is 10.2 Å². The molecular weight excluding hydrogens is 300 g/mol. The summed E-state index contributed by atoms with van der Waals surface area (Å²) in [6, 6.07) is 6.36. The summed E-state index contributed by atoms with van der Waals surface area (Å²) in [5.41, 5.74) is 0.952. The highest BCUT2D eigenvalue weighted by Crippen LogP contribution is 2.27. The lowest BCUT2D eigenvalue weighted by molar-refractivity contribution is 0.0694. The molecule has 0 saturated carbocycles. The van der Waals surface area contributed by atoms with Crippen LogP contribution < -0.4 is 4.74 Å². The first kappa shape index (κ1) is 12.5. The first-order chi connectivity index (χ1) is 8.56. The van der Waals surface area contributed by atoms with Crippen molar-refractivity contribution in [1.29, 1.82) is 0 Å². The number of aromatic carboxylic acids is 1. The summed E-state index contributed by atoms with van der Waals surface area (Å²) in [4.78, 5) is 11.1. The van der Waals surface area contributed by atoms with Gasteiger partial charge in [0.2, 0.25) is 5.88 Å². The third-order valence-electron chi connectivity index (χ3n) is 2.16. The third-order valence-corrected chi connectivity index (χ3v) is 2.65. The summed E-state index contributed by atoms with van der Waals surface area (Å²) in [5.74, 6) is -0.578. The average Bonchev–Trinajstić information content (AvgIpc) is 2.28. The number of rotatable bonds is 3. The number of ether oxygens (including phenoxy) is 1. The third kappa shape index (κ3) is 2.84. The maximum Gasteiger partial charge on any atom is 0.339 e. The summed E-state index contributed by atoms with van der Waals surface area (Å²) in [6.07, 6.45) is 1.59. The zero-order valence-corrected chi connectivity index (χ0v) is 11.0. The molecule has 0 spiro atoms. The standard InChI is InChI=1S/C12H9BrN2O3/c1-7-4-11(15-14-6-7)18-10-5-8(13)2-3-9(10)12(16)17/h2-6H,1H3,(H,16,17). The van der Waals surface area contributed by atoms with Crippen molar-refractivity contribution in [3.63, 3.8) is 0 Å². The number of aromatic nitrogens is 2. The molecule has 2 rings (SSSR count). The van der Waals surface area contributed by atoms with Gasteiger partial charge in [-0.25, -0.2) is 4.79 Å². The first-order valence-electron chi connectivity index (χ1n) is 5.06. The van der Waals surface area contributed by atoms with E-state index in [1.54, 1.807) is 24.4 Å². The molecule has 6 heteroatoms. The normalized spacial score (nSPS) is 10.1. The van der Waals surface area contributed by atoms with E-state index >= 15 is 0 Å². The van der Waals surface area contributed by atoms with Gasteiger partial charge in [0.25, 0.3) is 0 Å². The van der Waals surface area contributed by atoms with Crippen molar-refractivity contribution in [3.8, 4) is 11.6 Å². The van der Waals surface area contributed by atoms with Crippen molar-refractivity contribution < 1.29 is 14.6 Å². The fourth-order valence-corrected chi connectivity index (χ4v) is 1.70. The predicted molar refractivity (Wildman–Crippen MR) is 67.9 cm³/mol.